The van der Waals surface area contributed by atoms with E-state index in [1.807, 2.05) is 0 Å². The van der Waals surface area contributed by atoms with Gasteiger partial charge in [-0.3, -0.25) is 0 Å². The highest BCUT2D eigenvalue weighted by molar-refractivity contribution is 4.80. The summed E-state index contributed by atoms with van der Waals surface area (Å²) in [5.41, 5.74) is 0. The van der Waals surface area contributed by atoms with Crippen molar-refractivity contribution in [1.29, 1.82) is 0 Å². The van der Waals surface area contributed by atoms with Gasteiger partial charge in [0.2, 0.25) is 0 Å². The average Bonchev–Trinajstić information content (AvgIpc) is 1.62. The largest absolute Gasteiger partial charge is 0.456 e. The Morgan fingerprint density at radius 3 is 1.40 bits per heavy atom. The molecule has 1 atom stereocenters. The summed E-state index contributed by atoms with van der Waals surface area (Å²) in [6, 6.07) is 0. The Kier molecular flexibility index (Phi) is 2.24. The Labute approximate surface area is 53.5 Å². The van der Waals surface area contributed by atoms with Crippen LogP contribution in [0.3, 0.4) is 0 Å². The van der Waals surface area contributed by atoms with E-state index in [2.05, 4.69) is 0 Å². The summed E-state index contributed by atoms with van der Waals surface area (Å²) in [5, 5.41) is 7.95. The van der Waals surface area contributed by atoms with Crippen molar-refractivity contribution in [3.63, 3.8) is 0 Å². The molecule has 6 heteroatoms. The maximum absolute atomic E-state index is 11.7. The van der Waals surface area contributed by atoms with Gasteiger partial charge in [0.05, 0.1) is 0 Å². The Morgan fingerprint density at radius 2 is 1.40 bits per heavy atom. The van der Waals surface area contributed by atoms with E-state index in [1.165, 1.54) is 0 Å². The van der Waals surface area contributed by atoms with Crippen molar-refractivity contribution >= 4 is 0 Å². The first kappa shape index (κ1) is 9.61. The Bertz CT molecular complexity index is 115. The molecule has 0 aliphatic heterocycles. The number of hydrogen-bond acceptors (Lipinski definition) is 1. The second-order valence-electron chi connectivity index (χ2n) is 1.80. The van der Waals surface area contributed by atoms with Crippen molar-refractivity contribution in [2.45, 2.75) is 25.1 Å². The Morgan fingerprint density at radius 1 is 1.10 bits per heavy atom. The van der Waals surface area contributed by atoms with Crippen LogP contribution in [-0.2, 0) is 0 Å². The second-order valence-corrected chi connectivity index (χ2v) is 1.80. The number of alkyl halides is 5. The van der Waals surface area contributed by atoms with Crippen LogP contribution in [0.2, 0.25) is 0 Å². The first-order valence-corrected chi connectivity index (χ1v) is 2.32. The monoisotopic (exact) mass is 164 g/mol. The molecule has 0 unspecified atom stereocenters. The molecule has 0 saturated heterocycles. The maximum atomic E-state index is 11.7. The average molecular weight is 164 g/mol. The third-order valence-electron chi connectivity index (χ3n) is 0.903. The smallest absolute Gasteiger partial charge is 0.387 e. The molecule has 0 heterocycles. The van der Waals surface area contributed by atoms with Crippen LogP contribution in [0, 0.1) is 0 Å². The normalized spacial score (nSPS) is 17.1. The predicted octanol–water partition coefficient (Wildman–Crippen LogP) is 1.56. The molecule has 10 heavy (non-hydrogen) atoms. The molecule has 1 nitrogen and oxygen atoms in total. The number of halogens is 5. The summed E-state index contributed by atoms with van der Waals surface area (Å²) < 4.78 is 56.9. The fourth-order valence-electron chi connectivity index (χ4n) is 0.237. The predicted molar refractivity (Wildman–Crippen MR) is 22.7 cm³/mol. The van der Waals surface area contributed by atoms with Gasteiger partial charge in [-0.25, -0.2) is 0 Å². The van der Waals surface area contributed by atoms with E-state index < -0.39 is 18.2 Å². The summed E-state index contributed by atoms with van der Waals surface area (Å²) in [6.45, 7) is 0.382. The summed E-state index contributed by atoms with van der Waals surface area (Å²) in [7, 11) is 0. The van der Waals surface area contributed by atoms with Gasteiger partial charge in [0.25, 0.3) is 0 Å². The zero-order chi connectivity index (χ0) is 8.58. The SMILES string of the molecule is C[C@H](O)C(F)(F)C(F)(F)F. The summed E-state index contributed by atoms with van der Waals surface area (Å²) in [4.78, 5) is 0. The van der Waals surface area contributed by atoms with Crippen LogP contribution in [0.4, 0.5) is 22.0 Å². The minimum atomic E-state index is -5.67. The molecule has 0 amide bonds. The summed E-state index contributed by atoms with van der Waals surface area (Å²) in [6.07, 6.45) is -8.37. The van der Waals surface area contributed by atoms with Crippen molar-refractivity contribution < 1.29 is 27.1 Å². The minimum absolute atomic E-state index is 0.382. The molecule has 0 saturated carbocycles. The number of hydrogen-bond donors (Lipinski definition) is 1. The molecule has 0 bridgehead atoms. The second kappa shape index (κ2) is 2.34. The van der Waals surface area contributed by atoms with Crippen LogP contribution in [0.1, 0.15) is 6.92 Å². The van der Waals surface area contributed by atoms with Crippen molar-refractivity contribution in [3.05, 3.63) is 0 Å². The van der Waals surface area contributed by atoms with Crippen LogP contribution in [0.5, 0.6) is 0 Å². The molecule has 0 aliphatic carbocycles. The van der Waals surface area contributed by atoms with Crippen molar-refractivity contribution in [1.82, 2.24) is 0 Å². The first-order valence-electron chi connectivity index (χ1n) is 2.32. The van der Waals surface area contributed by atoms with Gasteiger partial charge in [0, 0.05) is 0 Å². The van der Waals surface area contributed by atoms with Crippen molar-refractivity contribution in [2.75, 3.05) is 0 Å². The van der Waals surface area contributed by atoms with E-state index in [9.17, 15) is 22.0 Å². The van der Waals surface area contributed by atoms with E-state index in [1.54, 1.807) is 0 Å². The lowest BCUT2D eigenvalue weighted by Gasteiger charge is -2.21. The Hall–Kier alpha value is -0.390. The van der Waals surface area contributed by atoms with Crippen LogP contribution in [0.15, 0.2) is 0 Å². The minimum Gasteiger partial charge on any atom is -0.387 e. The quantitative estimate of drug-likeness (QED) is 0.583. The molecule has 1 N–H and O–H groups in total. The van der Waals surface area contributed by atoms with E-state index in [-0.39, 0.29) is 0 Å². The van der Waals surface area contributed by atoms with Crippen molar-refractivity contribution in [3.8, 4) is 0 Å². The highest BCUT2D eigenvalue weighted by atomic mass is 19.4. The van der Waals surface area contributed by atoms with Gasteiger partial charge >= 0.3 is 12.1 Å². The zero-order valence-electron chi connectivity index (χ0n) is 4.91. The number of aliphatic hydroxyl groups is 1. The molecular formula is C4H5F5O. The van der Waals surface area contributed by atoms with E-state index in [0.29, 0.717) is 6.92 Å². The molecule has 0 aliphatic rings. The molecule has 0 aromatic rings. The van der Waals surface area contributed by atoms with Gasteiger partial charge in [-0.05, 0) is 6.92 Å². The third kappa shape index (κ3) is 1.56. The summed E-state index contributed by atoms with van der Waals surface area (Å²) in [5.74, 6) is -5.01. The molecule has 0 aromatic heterocycles. The van der Waals surface area contributed by atoms with Gasteiger partial charge in [-0.15, -0.1) is 0 Å². The number of rotatable bonds is 1. The van der Waals surface area contributed by atoms with Crippen LogP contribution >= 0.6 is 0 Å². The topological polar surface area (TPSA) is 20.2 Å². The fourth-order valence-corrected chi connectivity index (χ4v) is 0.237. The lowest BCUT2D eigenvalue weighted by molar-refractivity contribution is -0.310. The van der Waals surface area contributed by atoms with Gasteiger partial charge in [-0.2, -0.15) is 22.0 Å². The maximum Gasteiger partial charge on any atom is 0.456 e. The fraction of sp³-hybridized carbons (Fsp3) is 1.00. The molecular weight excluding hydrogens is 159 g/mol. The van der Waals surface area contributed by atoms with Crippen LogP contribution in [-0.4, -0.2) is 23.3 Å². The molecule has 0 rings (SSSR count). The first-order chi connectivity index (χ1) is 4.19. The van der Waals surface area contributed by atoms with Gasteiger partial charge in [0.1, 0.15) is 6.10 Å². The highest BCUT2D eigenvalue weighted by Gasteiger charge is 2.60. The summed E-state index contributed by atoms with van der Waals surface area (Å²) >= 11 is 0. The molecule has 0 fully saturated rings. The highest BCUT2D eigenvalue weighted by Crippen LogP contribution is 2.37. The third-order valence-corrected chi connectivity index (χ3v) is 0.903. The van der Waals surface area contributed by atoms with Gasteiger partial charge < -0.3 is 5.11 Å². The van der Waals surface area contributed by atoms with Crippen LogP contribution < -0.4 is 0 Å². The molecule has 0 aromatic carbocycles. The Balaban J connectivity index is 4.40. The standard InChI is InChI=1S/C4H5F5O/c1-2(10)3(5,6)4(7,8)9/h2,10H,1H3/t2-/m0/s1. The van der Waals surface area contributed by atoms with E-state index in [0.717, 1.165) is 0 Å². The zero-order valence-corrected chi connectivity index (χ0v) is 4.91. The van der Waals surface area contributed by atoms with E-state index in [4.69, 9.17) is 5.11 Å². The lowest BCUT2D eigenvalue weighted by atomic mass is 10.2. The molecule has 0 spiro atoms. The van der Waals surface area contributed by atoms with E-state index >= 15 is 0 Å². The number of aliphatic hydroxyl groups excluding tert-OH is 1. The molecule has 62 valence electrons. The van der Waals surface area contributed by atoms with Gasteiger partial charge in [-0.1, -0.05) is 0 Å². The molecule has 0 radical (unpaired) electrons. The van der Waals surface area contributed by atoms with Crippen LogP contribution in [0.25, 0.3) is 0 Å². The van der Waals surface area contributed by atoms with Crippen molar-refractivity contribution in [2.24, 2.45) is 0 Å². The van der Waals surface area contributed by atoms with Gasteiger partial charge in [0.15, 0.2) is 0 Å². The lowest BCUT2D eigenvalue weighted by Crippen LogP contribution is -2.45.